The molecule has 0 saturated carbocycles. The van der Waals surface area contributed by atoms with Crippen LogP contribution in [0.5, 0.6) is 0 Å². The highest BCUT2D eigenvalue weighted by Crippen LogP contribution is 2.22. The van der Waals surface area contributed by atoms with Crippen LogP contribution in [0.2, 0.25) is 0 Å². The highest BCUT2D eigenvalue weighted by atomic mass is 79.9. The summed E-state index contributed by atoms with van der Waals surface area (Å²) in [5.74, 6) is 3.43. The summed E-state index contributed by atoms with van der Waals surface area (Å²) in [4.78, 5) is 12.0. The van der Waals surface area contributed by atoms with Crippen molar-refractivity contribution in [1.29, 1.82) is 0 Å². The largest absolute Gasteiger partial charge is 0.322 e. The Morgan fingerprint density at radius 1 is 1.15 bits per heavy atom. The van der Waals surface area contributed by atoms with Crippen molar-refractivity contribution in [3.05, 3.63) is 58.1 Å². The van der Waals surface area contributed by atoms with Gasteiger partial charge in [-0.3, -0.25) is 10.6 Å². The predicted octanol–water partition coefficient (Wildman–Crippen LogP) is 3.27. The lowest BCUT2D eigenvalue weighted by atomic mass is 10.1. The number of benzene rings is 2. The molecule has 0 unspecified atom stereocenters. The van der Waals surface area contributed by atoms with Gasteiger partial charge in [-0.25, -0.2) is 8.78 Å². The van der Waals surface area contributed by atoms with Gasteiger partial charge in [0.1, 0.15) is 11.6 Å². The Morgan fingerprint density at radius 3 is 2.55 bits per heavy atom. The predicted molar refractivity (Wildman–Crippen MR) is 76.3 cm³/mol. The van der Waals surface area contributed by atoms with Crippen LogP contribution in [-0.2, 0) is 0 Å². The Hall–Kier alpha value is -1.99. The maximum atomic E-state index is 13.5. The number of nitrogens with two attached hydrogens (primary N) is 1. The molecule has 2 aromatic rings. The first-order chi connectivity index (χ1) is 9.52. The van der Waals surface area contributed by atoms with Crippen molar-refractivity contribution in [1.82, 2.24) is 0 Å². The number of hydrogen-bond donors (Lipinski definition) is 3. The van der Waals surface area contributed by atoms with E-state index in [2.05, 4.69) is 26.7 Å². The minimum atomic E-state index is -0.651. The van der Waals surface area contributed by atoms with Gasteiger partial charge in [0.15, 0.2) is 0 Å². The summed E-state index contributed by atoms with van der Waals surface area (Å²) in [5.41, 5.74) is 2.29. The molecule has 0 atom stereocenters. The first kappa shape index (κ1) is 14.4. The van der Waals surface area contributed by atoms with Gasteiger partial charge < -0.3 is 10.7 Å². The molecule has 104 valence electrons. The molecule has 0 aliphatic carbocycles. The quantitative estimate of drug-likeness (QED) is 0.592. The Labute approximate surface area is 122 Å². The van der Waals surface area contributed by atoms with Gasteiger partial charge >= 0.3 is 0 Å². The molecule has 2 rings (SSSR count). The van der Waals surface area contributed by atoms with Crippen molar-refractivity contribution in [3.8, 4) is 0 Å². The molecule has 0 fully saturated rings. The Balaban J connectivity index is 2.28. The van der Waals surface area contributed by atoms with Crippen molar-refractivity contribution < 1.29 is 13.6 Å². The second kappa shape index (κ2) is 5.98. The number of para-hydroxylation sites is 1. The number of hydrazine groups is 1. The van der Waals surface area contributed by atoms with Gasteiger partial charge in [-0.1, -0.05) is 6.07 Å². The third-order valence-electron chi connectivity index (χ3n) is 2.58. The van der Waals surface area contributed by atoms with Crippen LogP contribution in [-0.4, -0.2) is 5.91 Å². The van der Waals surface area contributed by atoms with Crippen molar-refractivity contribution >= 4 is 33.2 Å². The Morgan fingerprint density at radius 2 is 1.90 bits per heavy atom. The zero-order valence-electron chi connectivity index (χ0n) is 10.1. The minimum Gasteiger partial charge on any atom is -0.322 e. The SMILES string of the molecule is NNc1c(F)cccc1C(=O)Nc1ccc(Br)c(F)c1. The third-order valence-corrected chi connectivity index (χ3v) is 3.22. The van der Waals surface area contributed by atoms with Crippen molar-refractivity contribution in [2.24, 2.45) is 5.84 Å². The summed E-state index contributed by atoms with van der Waals surface area (Å²) in [6, 6.07) is 8.08. The van der Waals surface area contributed by atoms with E-state index >= 15 is 0 Å². The molecule has 0 aliphatic heterocycles. The Kier molecular flexibility index (Phi) is 4.31. The minimum absolute atomic E-state index is 0.0239. The van der Waals surface area contributed by atoms with Crippen LogP contribution in [0.3, 0.4) is 0 Å². The van der Waals surface area contributed by atoms with Crippen molar-refractivity contribution in [3.63, 3.8) is 0 Å². The molecule has 1 amide bonds. The lowest BCUT2D eigenvalue weighted by Crippen LogP contribution is -2.18. The molecule has 7 heteroatoms. The van der Waals surface area contributed by atoms with E-state index in [0.29, 0.717) is 0 Å². The molecule has 0 radical (unpaired) electrons. The molecule has 4 N–H and O–H groups in total. The van der Waals surface area contributed by atoms with Crippen LogP contribution < -0.4 is 16.6 Å². The number of halogens is 3. The maximum absolute atomic E-state index is 13.5. The zero-order chi connectivity index (χ0) is 14.7. The monoisotopic (exact) mass is 341 g/mol. The second-order valence-corrected chi connectivity index (χ2v) is 4.74. The number of amides is 1. The highest BCUT2D eigenvalue weighted by molar-refractivity contribution is 9.10. The smallest absolute Gasteiger partial charge is 0.257 e. The molecule has 2 aromatic carbocycles. The van der Waals surface area contributed by atoms with E-state index in [1.54, 1.807) is 0 Å². The van der Waals surface area contributed by atoms with Crippen molar-refractivity contribution in [2.75, 3.05) is 10.7 Å². The van der Waals surface area contributed by atoms with E-state index in [1.807, 2.05) is 0 Å². The average molecular weight is 342 g/mol. The summed E-state index contributed by atoms with van der Waals surface area (Å²) < 4.78 is 27.1. The van der Waals surface area contributed by atoms with Gasteiger partial charge in [0.25, 0.3) is 5.91 Å². The zero-order valence-corrected chi connectivity index (χ0v) is 11.7. The second-order valence-electron chi connectivity index (χ2n) is 3.89. The molecule has 0 aliphatic rings. The summed E-state index contributed by atoms with van der Waals surface area (Å²) >= 11 is 3.01. The van der Waals surface area contributed by atoms with Gasteiger partial charge in [0.2, 0.25) is 0 Å². The molecule has 4 nitrogen and oxygen atoms in total. The number of carbonyl (C=O) groups excluding carboxylic acids is 1. The molecule has 0 aromatic heterocycles. The van der Waals surface area contributed by atoms with Crippen molar-refractivity contribution in [2.45, 2.75) is 0 Å². The van der Waals surface area contributed by atoms with E-state index in [4.69, 9.17) is 5.84 Å². The summed E-state index contributed by atoms with van der Waals surface area (Å²) in [7, 11) is 0. The number of nitrogens with one attached hydrogen (secondary N) is 2. The fourth-order valence-corrected chi connectivity index (χ4v) is 1.88. The van der Waals surface area contributed by atoms with E-state index in [-0.39, 0.29) is 21.4 Å². The maximum Gasteiger partial charge on any atom is 0.257 e. The van der Waals surface area contributed by atoms with Gasteiger partial charge in [-0.05, 0) is 46.3 Å². The number of hydrogen-bond acceptors (Lipinski definition) is 3. The van der Waals surface area contributed by atoms with E-state index < -0.39 is 17.5 Å². The fraction of sp³-hybridized carbons (Fsp3) is 0. The topological polar surface area (TPSA) is 67.1 Å². The van der Waals surface area contributed by atoms with Crippen LogP contribution in [0.25, 0.3) is 0 Å². The lowest BCUT2D eigenvalue weighted by molar-refractivity contribution is 0.102. The lowest BCUT2D eigenvalue weighted by Gasteiger charge is -2.10. The number of anilines is 2. The molecule has 0 saturated heterocycles. The number of nitrogen functional groups attached to an aromatic ring is 1. The first-order valence-corrected chi connectivity index (χ1v) is 6.33. The van der Waals surface area contributed by atoms with Crippen LogP contribution in [0.1, 0.15) is 10.4 Å². The van der Waals surface area contributed by atoms with E-state index in [0.717, 1.165) is 6.07 Å². The molecule has 20 heavy (non-hydrogen) atoms. The molecule has 0 spiro atoms. The van der Waals surface area contributed by atoms with Crippen LogP contribution in [0.15, 0.2) is 40.9 Å². The van der Waals surface area contributed by atoms with Gasteiger partial charge in [-0.15, -0.1) is 0 Å². The van der Waals surface area contributed by atoms with E-state index in [1.165, 1.54) is 30.3 Å². The van der Waals surface area contributed by atoms with E-state index in [9.17, 15) is 13.6 Å². The summed E-state index contributed by atoms with van der Waals surface area (Å²) in [5, 5.41) is 2.47. The summed E-state index contributed by atoms with van der Waals surface area (Å²) in [6.07, 6.45) is 0. The first-order valence-electron chi connectivity index (χ1n) is 5.54. The molecular weight excluding hydrogens is 332 g/mol. The molecular formula is C13H10BrF2N3O. The van der Waals surface area contributed by atoms with Gasteiger partial charge in [0, 0.05) is 5.69 Å². The summed E-state index contributed by atoms with van der Waals surface area (Å²) in [6.45, 7) is 0. The highest BCUT2D eigenvalue weighted by Gasteiger charge is 2.15. The average Bonchev–Trinajstić information content (AvgIpc) is 2.42. The van der Waals surface area contributed by atoms with Crippen LogP contribution in [0.4, 0.5) is 20.2 Å². The van der Waals surface area contributed by atoms with Gasteiger partial charge in [0.05, 0.1) is 15.7 Å². The number of carbonyl (C=O) groups is 1. The fourth-order valence-electron chi connectivity index (χ4n) is 1.63. The standard InChI is InChI=1S/C13H10BrF2N3O/c14-9-5-4-7(6-11(9)16)18-13(20)8-2-1-3-10(15)12(8)19-17/h1-6,19H,17H2,(H,18,20). The normalized spacial score (nSPS) is 10.2. The molecule has 0 bridgehead atoms. The number of rotatable bonds is 3. The Bertz CT molecular complexity index is 664. The third kappa shape index (κ3) is 2.94. The van der Waals surface area contributed by atoms with Crippen LogP contribution >= 0.6 is 15.9 Å². The van der Waals surface area contributed by atoms with Crippen LogP contribution in [0, 0.1) is 11.6 Å². The molecule has 0 heterocycles. The van der Waals surface area contributed by atoms with Gasteiger partial charge in [-0.2, -0.15) is 0 Å².